The van der Waals surface area contributed by atoms with E-state index in [0.717, 1.165) is 31.9 Å². The number of nitrogens with zero attached hydrogens (tertiary/aromatic N) is 2. The third kappa shape index (κ3) is 5.66. The van der Waals surface area contributed by atoms with Crippen LogP contribution in [0.15, 0.2) is 59.8 Å². The number of rotatable bonds is 7. The van der Waals surface area contributed by atoms with Crippen molar-refractivity contribution in [3.63, 3.8) is 0 Å². The van der Waals surface area contributed by atoms with Gasteiger partial charge >= 0.3 is 12.0 Å². The maximum atomic E-state index is 13.0. The summed E-state index contributed by atoms with van der Waals surface area (Å²) in [5.74, 6) is -0.435. The first-order valence-corrected chi connectivity index (χ1v) is 12.1. The number of urea groups is 1. The highest BCUT2D eigenvalue weighted by Crippen LogP contribution is 2.32. The summed E-state index contributed by atoms with van der Waals surface area (Å²) in [6.45, 7) is 6.98. The van der Waals surface area contributed by atoms with E-state index in [1.165, 1.54) is 0 Å². The van der Waals surface area contributed by atoms with E-state index >= 15 is 0 Å². The van der Waals surface area contributed by atoms with E-state index in [2.05, 4.69) is 20.4 Å². The van der Waals surface area contributed by atoms with Gasteiger partial charge in [0.25, 0.3) is 0 Å². The average molecular weight is 497 g/mol. The number of hydrogen-bond acceptors (Lipinski definition) is 6. The Balaban J connectivity index is 1.53. The minimum atomic E-state index is -0.701. The molecule has 1 atom stereocenters. The van der Waals surface area contributed by atoms with Crippen LogP contribution in [-0.2, 0) is 9.53 Å². The van der Waals surface area contributed by atoms with Crippen LogP contribution in [0.2, 0.25) is 5.02 Å². The Kier molecular flexibility index (Phi) is 7.73. The summed E-state index contributed by atoms with van der Waals surface area (Å²) in [7, 11) is 0. The van der Waals surface area contributed by atoms with Crippen LogP contribution in [0.4, 0.5) is 10.5 Å². The fourth-order valence-electron chi connectivity index (χ4n) is 4.43. The van der Waals surface area contributed by atoms with E-state index in [1.54, 1.807) is 32.0 Å². The molecule has 0 unspecified atom stereocenters. The van der Waals surface area contributed by atoms with Crippen molar-refractivity contribution in [3.8, 4) is 0 Å². The van der Waals surface area contributed by atoms with E-state index in [9.17, 15) is 14.4 Å². The van der Waals surface area contributed by atoms with E-state index in [1.807, 2.05) is 30.3 Å². The lowest BCUT2D eigenvalue weighted by Gasteiger charge is -2.38. The smallest absolute Gasteiger partial charge is 0.338 e. The number of halogens is 1. The van der Waals surface area contributed by atoms with Gasteiger partial charge in [-0.1, -0.05) is 29.8 Å². The number of ether oxygens (including phenoxy) is 1. The number of carbonyl (C=O) groups is 3. The van der Waals surface area contributed by atoms with Crippen LogP contribution in [0, 0.1) is 0 Å². The van der Waals surface area contributed by atoms with Crippen LogP contribution < -0.4 is 15.5 Å². The first-order valence-electron chi connectivity index (χ1n) is 11.7. The van der Waals surface area contributed by atoms with Gasteiger partial charge in [0.2, 0.25) is 0 Å². The molecule has 1 fully saturated rings. The molecule has 8 nitrogen and oxygen atoms in total. The Morgan fingerprint density at radius 1 is 1.06 bits per heavy atom. The van der Waals surface area contributed by atoms with Gasteiger partial charge in [0.15, 0.2) is 5.78 Å². The molecule has 0 aromatic heterocycles. The Labute approximate surface area is 209 Å². The van der Waals surface area contributed by atoms with Gasteiger partial charge in [-0.05, 0) is 49.7 Å². The monoisotopic (exact) mass is 496 g/mol. The molecule has 2 aromatic carbocycles. The number of hydrogen-bond donors (Lipinski definition) is 2. The molecular weight excluding hydrogens is 468 g/mol. The Bertz CT molecular complexity index is 1140. The molecular formula is C26H29ClN4O4. The third-order valence-electron chi connectivity index (χ3n) is 6.26. The van der Waals surface area contributed by atoms with Gasteiger partial charge in [0.05, 0.1) is 18.2 Å². The number of anilines is 1. The highest BCUT2D eigenvalue weighted by atomic mass is 35.5. The van der Waals surface area contributed by atoms with E-state index < -0.39 is 12.0 Å². The zero-order chi connectivity index (χ0) is 24.9. The van der Waals surface area contributed by atoms with Crippen molar-refractivity contribution in [2.45, 2.75) is 19.9 Å². The molecule has 9 heteroatoms. The molecule has 184 valence electrons. The number of Topliss-reactive ketones (excluding diaryl/α,β-unsaturated/α-hetero) is 1. The number of amides is 2. The van der Waals surface area contributed by atoms with Crippen LogP contribution in [0.1, 0.15) is 35.8 Å². The van der Waals surface area contributed by atoms with Crippen LogP contribution in [0.3, 0.4) is 0 Å². The zero-order valence-electron chi connectivity index (χ0n) is 19.8. The molecule has 0 spiro atoms. The molecule has 1 saturated heterocycles. The van der Waals surface area contributed by atoms with E-state index in [-0.39, 0.29) is 18.4 Å². The van der Waals surface area contributed by atoms with Gasteiger partial charge < -0.3 is 20.3 Å². The van der Waals surface area contributed by atoms with E-state index in [0.29, 0.717) is 34.0 Å². The lowest BCUT2D eigenvalue weighted by molar-refractivity contribution is -0.139. The third-order valence-corrected chi connectivity index (χ3v) is 6.60. The normalized spacial score (nSPS) is 18.7. The molecule has 35 heavy (non-hydrogen) atoms. The standard InChI is InChI=1S/C26H29ClN4O4/c1-3-35-25(33)23-22(28-26(34)29-24(23)20-6-4-5-7-21(20)27)16-30-12-14-31(15-13-30)19-10-8-18(9-11-19)17(2)32/h4-11,24H,3,12-16H2,1-2H3,(H2,28,29,34)/t24-/m0/s1. The predicted molar refractivity (Wildman–Crippen MR) is 135 cm³/mol. The molecule has 2 aromatic rings. The molecule has 2 amide bonds. The molecule has 2 aliphatic rings. The Morgan fingerprint density at radius 3 is 2.37 bits per heavy atom. The van der Waals surface area contributed by atoms with Crippen molar-refractivity contribution in [2.75, 3.05) is 44.2 Å². The average Bonchev–Trinajstić information content (AvgIpc) is 2.84. The number of esters is 1. The summed E-state index contributed by atoms with van der Waals surface area (Å²) in [6, 6.07) is 13.7. The van der Waals surface area contributed by atoms with Gasteiger partial charge in [-0.15, -0.1) is 0 Å². The molecule has 0 saturated carbocycles. The van der Waals surface area contributed by atoms with Crippen molar-refractivity contribution in [1.29, 1.82) is 0 Å². The minimum absolute atomic E-state index is 0.0474. The second kappa shape index (κ2) is 10.9. The fraction of sp³-hybridized carbons (Fsp3) is 0.346. The largest absolute Gasteiger partial charge is 0.463 e. The van der Waals surface area contributed by atoms with Crippen LogP contribution in [0.5, 0.6) is 0 Å². The fourth-order valence-corrected chi connectivity index (χ4v) is 4.67. The predicted octanol–water partition coefficient (Wildman–Crippen LogP) is 3.54. The van der Waals surface area contributed by atoms with Crippen molar-refractivity contribution >= 4 is 35.1 Å². The lowest BCUT2D eigenvalue weighted by atomic mass is 9.94. The number of piperazine rings is 1. The van der Waals surface area contributed by atoms with Gasteiger partial charge in [-0.25, -0.2) is 9.59 Å². The zero-order valence-corrected chi connectivity index (χ0v) is 20.6. The van der Waals surface area contributed by atoms with Crippen LogP contribution >= 0.6 is 11.6 Å². The molecule has 0 aliphatic carbocycles. The topological polar surface area (TPSA) is 91.0 Å². The SMILES string of the molecule is CCOC(=O)C1=C(CN2CCN(c3ccc(C(C)=O)cc3)CC2)NC(=O)N[C@H]1c1ccccc1Cl. The number of nitrogens with one attached hydrogen (secondary N) is 2. The number of ketones is 1. The highest BCUT2D eigenvalue weighted by Gasteiger charge is 2.35. The van der Waals surface area contributed by atoms with Gasteiger partial charge in [0.1, 0.15) is 0 Å². The van der Waals surface area contributed by atoms with Crippen LogP contribution in [0.25, 0.3) is 0 Å². The highest BCUT2D eigenvalue weighted by molar-refractivity contribution is 6.31. The van der Waals surface area contributed by atoms with Crippen LogP contribution in [-0.4, -0.2) is 62.0 Å². The molecule has 2 aliphatic heterocycles. The molecule has 0 radical (unpaired) electrons. The summed E-state index contributed by atoms with van der Waals surface area (Å²) >= 11 is 6.41. The molecule has 4 rings (SSSR count). The van der Waals surface area contributed by atoms with Crippen molar-refractivity contribution in [1.82, 2.24) is 15.5 Å². The van der Waals surface area contributed by atoms with Gasteiger partial charge in [0, 0.05) is 54.7 Å². The summed E-state index contributed by atoms with van der Waals surface area (Å²) < 4.78 is 5.35. The number of carbonyl (C=O) groups excluding carboxylic acids is 3. The maximum absolute atomic E-state index is 13.0. The summed E-state index contributed by atoms with van der Waals surface area (Å²) in [5, 5.41) is 6.12. The molecule has 0 bridgehead atoms. The first kappa shape index (κ1) is 24.8. The van der Waals surface area contributed by atoms with Gasteiger partial charge in [-0.3, -0.25) is 9.69 Å². The second-order valence-corrected chi connectivity index (χ2v) is 8.94. The maximum Gasteiger partial charge on any atom is 0.338 e. The summed E-state index contributed by atoms with van der Waals surface area (Å²) in [6.07, 6.45) is 0. The summed E-state index contributed by atoms with van der Waals surface area (Å²) in [5.41, 5.74) is 3.29. The second-order valence-electron chi connectivity index (χ2n) is 8.53. The van der Waals surface area contributed by atoms with Gasteiger partial charge in [-0.2, -0.15) is 0 Å². The lowest BCUT2D eigenvalue weighted by Crippen LogP contribution is -2.51. The van der Waals surface area contributed by atoms with E-state index in [4.69, 9.17) is 16.3 Å². The van der Waals surface area contributed by atoms with Crippen molar-refractivity contribution < 1.29 is 19.1 Å². The quantitative estimate of drug-likeness (QED) is 0.450. The first-order chi connectivity index (χ1) is 16.9. The molecule has 2 N–H and O–H groups in total. The Morgan fingerprint density at radius 2 is 1.74 bits per heavy atom. The summed E-state index contributed by atoms with van der Waals surface area (Å²) in [4.78, 5) is 41.5. The number of benzene rings is 2. The van der Waals surface area contributed by atoms with Crippen molar-refractivity contribution in [2.24, 2.45) is 0 Å². The molecule has 2 heterocycles. The Hall–Kier alpha value is -3.36. The minimum Gasteiger partial charge on any atom is -0.463 e. The van der Waals surface area contributed by atoms with Crippen molar-refractivity contribution in [3.05, 3.63) is 76.0 Å².